The molecule has 1 aliphatic rings. The molecule has 1 N–H and O–H groups in total. The van der Waals surface area contributed by atoms with Gasteiger partial charge in [0, 0.05) is 26.2 Å². The van der Waals surface area contributed by atoms with Crippen LogP contribution in [0.5, 0.6) is 0 Å². The summed E-state index contributed by atoms with van der Waals surface area (Å²) in [7, 11) is 0. The van der Waals surface area contributed by atoms with Gasteiger partial charge in [-0.25, -0.2) is 12.2 Å². The summed E-state index contributed by atoms with van der Waals surface area (Å²) in [6, 6.07) is 0. The largest absolute Gasteiger partial charge is 0.481 e. The van der Waals surface area contributed by atoms with Gasteiger partial charge in [0.25, 0.3) is 0 Å². The Kier molecular flexibility index (Phi) is 14.7. The van der Waals surface area contributed by atoms with Crippen molar-refractivity contribution in [1.82, 2.24) is 0 Å². The third-order valence-corrected chi connectivity index (χ3v) is 2.33. The molecule has 0 saturated carbocycles. The van der Waals surface area contributed by atoms with Crippen LogP contribution in [0.2, 0.25) is 0 Å². The molecule has 0 bridgehead atoms. The molecule has 1 rings (SSSR count). The smallest absolute Gasteiger partial charge is 0.306 e. The molecule has 0 saturated heterocycles. The van der Waals surface area contributed by atoms with Gasteiger partial charge in [0.05, 0.1) is 5.92 Å². The molecule has 0 radical (unpaired) electrons. The van der Waals surface area contributed by atoms with E-state index in [9.17, 15) is 4.79 Å². The molecule has 0 heterocycles. The van der Waals surface area contributed by atoms with Crippen molar-refractivity contribution in [3.63, 3.8) is 0 Å². The van der Waals surface area contributed by atoms with Crippen molar-refractivity contribution in [2.24, 2.45) is 5.92 Å². The predicted octanol–water partition coefficient (Wildman–Crippen LogP) is 3.59. The zero-order valence-electron chi connectivity index (χ0n) is 10.2. The van der Waals surface area contributed by atoms with Crippen molar-refractivity contribution in [2.75, 3.05) is 0 Å². The Morgan fingerprint density at radius 2 is 2.19 bits per heavy atom. The third-order valence-electron chi connectivity index (χ3n) is 2.33. The molecule has 0 aromatic rings. The quantitative estimate of drug-likeness (QED) is 0.788. The van der Waals surface area contributed by atoms with Gasteiger partial charge in [0.1, 0.15) is 0 Å². The normalized spacial score (nSPS) is 13.6. The number of allylic oxidation sites excluding steroid dienone is 4. The molecule has 1 aliphatic carbocycles. The van der Waals surface area contributed by atoms with Crippen LogP contribution in [0.15, 0.2) is 18.2 Å². The third kappa shape index (κ3) is 10.4. The van der Waals surface area contributed by atoms with Crippen molar-refractivity contribution in [3.05, 3.63) is 24.3 Å². The first-order valence-corrected chi connectivity index (χ1v) is 5.66. The summed E-state index contributed by atoms with van der Waals surface area (Å²) < 4.78 is 0. The first-order chi connectivity index (χ1) is 7.22. The fourth-order valence-electron chi connectivity index (χ4n) is 1.29. The van der Waals surface area contributed by atoms with E-state index in [0.29, 0.717) is 0 Å². The number of unbranched alkanes of at least 4 members (excludes halogenated alkanes) is 1. The maximum absolute atomic E-state index is 10.4. The van der Waals surface area contributed by atoms with Crippen LogP contribution in [-0.2, 0) is 31.0 Å². The van der Waals surface area contributed by atoms with E-state index < -0.39 is 5.97 Å². The summed E-state index contributed by atoms with van der Waals surface area (Å²) in [4.78, 5) is 10.4. The second-order valence-electron chi connectivity index (χ2n) is 3.59. The Hall–Kier alpha value is -0.167. The average Bonchev–Trinajstić information content (AvgIpc) is 2.76. The van der Waals surface area contributed by atoms with Crippen molar-refractivity contribution in [1.29, 1.82) is 0 Å². The Bertz CT molecular complexity index is 212. The molecular formula is C13H21O2Zr-. The van der Waals surface area contributed by atoms with Crippen molar-refractivity contribution in [2.45, 2.75) is 46.0 Å². The molecule has 1 atom stereocenters. The van der Waals surface area contributed by atoms with Crippen LogP contribution >= 0.6 is 0 Å². The van der Waals surface area contributed by atoms with E-state index in [1.54, 1.807) is 0 Å². The van der Waals surface area contributed by atoms with Crippen LogP contribution in [0.1, 0.15) is 46.0 Å². The molecule has 0 aromatic carbocycles. The first-order valence-electron chi connectivity index (χ1n) is 5.66. The Morgan fingerprint density at radius 3 is 2.44 bits per heavy atom. The fourth-order valence-corrected chi connectivity index (χ4v) is 1.29. The van der Waals surface area contributed by atoms with Gasteiger partial charge in [0.15, 0.2) is 0 Å². The van der Waals surface area contributed by atoms with Crippen LogP contribution in [0.4, 0.5) is 0 Å². The van der Waals surface area contributed by atoms with Crippen LogP contribution in [0.25, 0.3) is 0 Å². The van der Waals surface area contributed by atoms with Gasteiger partial charge in [0.2, 0.25) is 0 Å². The number of hydrogen-bond acceptors (Lipinski definition) is 1. The average molecular weight is 301 g/mol. The van der Waals surface area contributed by atoms with Crippen LogP contribution in [0, 0.1) is 12.0 Å². The summed E-state index contributed by atoms with van der Waals surface area (Å²) in [5, 5.41) is 8.60. The minimum absolute atomic E-state index is 0. The first kappa shape index (κ1) is 18.2. The predicted molar refractivity (Wildman–Crippen MR) is 62.5 cm³/mol. The number of aliphatic carboxylic acids is 1. The number of rotatable bonds is 5. The Labute approximate surface area is 118 Å². The maximum Gasteiger partial charge on any atom is 0.306 e. The fraction of sp³-hybridized carbons (Fsp3) is 0.615. The van der Waals surface area contributed by atoms with Crippen LogP contribution in [-0.4, -0.2) is 11.1 Å². The zero-order chi connectivity index (χ0) is 11.5. The monoisotopic (exact) mass is 299 g/mol. The van der Waals surface area contributed by atoms with Crippen molar-refractivity contribution < 1.29 is 36.1 Å². The summed E-state index contributed by atoms with van der Waals surface area (Å²) in [6.45, 7) is 4.00. The molecule has 3 heteroatoms. The number of carbonyl (C=O) groups is 1. The maximum atomic E-state index is 10.4. The second-order valence-corrected chi connectivity index (χ2v) is 3.59. The van der Waals surface area contributed by atoms with Gasteiger partial charge in [-0.2, -0.15) is 6.08 Å². The van der Waals surface area contributed by atoms with Gasteiger partial charge in [-0.1, -0.05) is 26.7 Å². The minimum atomic E-state index is -0.643. The van der Waals surface area contributed by atoms with E-state index in [-0.39, 0.29) is 32.1 Å². The number of carboxylic acids is 1. The van der Waals surface area contributed by atoms with E-state index in [0.717, 1.165) is 32.1 Å². The molecular weight excluding hydrogens is 279 g/mol. The van der Waals surface area contributed by atoms with Gasteiger partial charge >= 0.3 is 5.97 Å². The Balaban J connectivity index is 0. The van der Waals surface area contributed by atoms with E-state index in [4.69, 9.17) is 5.11 Å². The summed E-state index contributed by atoms with van der Waals surface area (Å²) in [5.74, 6) is -0.754. The molecule has 1 unspecified atom stereocenters. The molecule has 90 valence electrons. The molecule has 0 aromatic heterocycles. The molecule has 16 heavy (non-hydrogen) atoms. The van der Waals surface area contributed by atoms with Crippen LogP contribution < -0.4 is 0 Å². The molecule has 0 aliphatic heterocycles. The van der Waals surface area contributed by atoms with E-state index in [1.807, 2.05) is 19.1 Å². The second kappa shape index (κ2) is 12.9. The van der Waals surface area contributed by atoms with Crippen LogP contribution in [0.3, 0.4) is 0 Å². The van der Waals surface area contributed by atoms with E-state index in [2.05, 4.69) is 19.1 Å². The SMILES string of the molecule is CCCCC(CC)C(=O)O.[C-]1=CC=CC1.[Zr]. The molecule has 2 nitrogen and oxygen atoms in total. The summed E-state index contributed by atoms with van der Waals surface area (Å²) >= 11 is 0. The van der Waals surface area contributed by atoms with Gasteiger partial charge in [-0.05, 0) is 12.8 Å². The van der Waals surface area contributed by atoms with Gasteiger partial charge in [-0.15, -0.1) is 6.42 Å². The topological polar surface area (TPSA) is 37.3 Å². The summed E-state index contributed by atoms with van der Waals surface area (Å²) in [5.41, 5.74) is 0. The van der Waals surface area contributed by atoms with Gasteiger partial charge < -0.3 is 5.11 Å². The molecule has 0 spiro atoms. The van der Waals surface area contributed by atoms with E-state index >= 15 is 0 Å². The molecule has 0 fully saturated rings. The van der Waals surface area contributed by atoms with Crippen molar-refractivity contribution >= 4 is 5.97 Å². The molecule has 0 amide bonds. The number of hydrogen-bond donors (Lipinski definition) is 1. The van der Waals surface area contributed by atoms with Gasteiger partial charge in [-0.3, -0.25) is 10.9 Å². The zero-order valence-corrected chi connectivity index (χ0v) is 12.7. The standard InChI is InChI=1S/C8H16O2.C5H5.Zr/c1-3-5-6-7(4-2)8(9)10;1-2-4-5-3-1;/h7H,3-6H2,1-2H3,(H,9,10);1-3H,4H2;/q;-1;. The van der Waals surface area contributed by atoms with E-state index in [1.165, 1.54) is 0 Å². The number of carboxylic acid groups (broad SMARTS) is 1. The Morgan fingerprint density at radius 1 is 1.50 bits per heavy atom. The summed E-state index contributed by atoms with van der Waals surface area (Å²) in [6.07, 6.45) is 13.7. The van der Waals surface area contributed by atoms with Crippen molar-refractivity contribution in [3.8, 4) is 0 Å². The minimum Gasteiger partial charge on any atom is -0.481 e.